The lowest BCUT2D eigenvalue weighted by Gasteiger charge is -2.20. The number of nitrogens with two attached hydrogens (primary N) is 1. The molecule has 0 spiro atoms. The molecule has 0 unspecified atom stereocenters. The van der Waals surface area contributed by atoms with Gasteiger partial charge in [-0.15, -0.1) is 0 Å². The summed E-state index contributed by atoms with van der Waals surface area (Å²) in [6.07, 6.45) is 7.85. The zero-order valence-corrected chi connectivity index (χ0v) is 4.43. The van der Waals surface area contributed by atoms with Gasteiger partial charge in [0.2, 0.25) is 0 Å². The predicted molar refractivity (Wildman–Crippen MR) is 30.7 cm³/mol. The third-order valence-electron chi connectivity index (χ3n) is 1.53. The summed E-state index contributed by atoms with van der Waals surface area (Å²) in [5.41, 5.74) is 5.16. The Balaban J connectivity index is 2.14. The first-order valence-corrected chi connectivity index (χ1v) is 2.82. The lowest BCUT2D eigenvalue weighted by molar-refractivity contribution is 0.387. The second kappa shape index (κ2) is 2.01. The minimum absolute atomic E-state index is 0.824. The van der Waals surface area contributed by atoms with E-state index in [2.05, 4.69) is 6.08 Å². The van der Waals surface area contributed by atoms with Crippen LogP contribution in [0.1, 0.15) is 19.3 Å². The summed E-state index contributed by atoms with van der Waals surface area (Å²) in [7, 11) is 0. The largest absolute Gasteiger partial charge is 0.405 e. The molecule has 0 aromatic rings. The van der Waals surface area contributed by atoms with Crippen molar-refractivity contribution in [3.63, 3.8) is 0 Å². The molecule has 0 heterocycles. The maximum absolute atomic E-state index is 5.16. The molecule has 0 saturated heterocycles. The normalized spacial score (nSPS) is 22.9. The van der Waals surface area contributed by atoms with Crippen molar-refractivity contribution < 1.29 is 0 Å². The summed E-state index contributed by atoms with van der Waals surface area (Å²) < 4.78 is 0. The van der Waals surface area contributed by atoms with Crippen molar-refractivity contribution in [2.45, 2.75) is 19.3 Å². The molecule has 2 N–H and O–H groups in total. The molecule has 0 aromatic carbocycles. The van der Waals surface area contributed by atoms with E-state index >= 15 is 0 Å². The quantitative estimate of drug-likeness (QED) is 0.523. The molecule has 0 aromatic heterocycles. The molecule has 1 saturated carbocycles. The van der Waals surface area contributed by atoms with Crippen molar-refractivity contribution in [2.24, 2.45) is 11.7 Å². The highest BCUT2D eigenvalue weighted by Crippen LogP contribution is 2.26. The van der Waals surface area contributed by atoms with Gasteiger partial charge in [0, 0.05) is 0 Å². The average Bonchev–Trinajstić information content (AvgIpc) is 1.55. The zero-order valence-electron chi connectivity index (χ0n) is 4.43. The maximum Gasteiger partial charge on any atom is -0.0100 e. The Morgan fingerprint density at radius 2 is 2.14 bits per heavy atom. The van der Waals surface area contributed by atoms with Crippen LogP contribution in [0.25, 0.3) is 0 Å². The first-order chi connectivity index (χ1) is 3.43. The molecule has 1 aliphatic carbocycles. The Kier molecular flexibility index (Phi) is 1.35. The van der Waals surface area contributed by atoms with E-state index in [1.54, 1.807) is 6.20 Å². The Bertz CT molecular complexity index is 72.2. The molecule has 1 heteroatoms. The zero-order chi connectivity index (χ0) is 5.11. The first-order valence-electron chi connectivity index (χ1n) is 2.82. The van der Waals surface area contributed by atoms with Crippen molar-refractivity contribution in [2.75, 3.05) is 0 Å². The van der Waals surface area contributed by atoms with Crippen molar-refractivity contribution >= 4 is 0 Å². The number of allylic oxidation sites excluding steroid dienone is 1. The van der Waals surface area contributed by atoms with E-state index in [9.17, 15) is 0 Å². The molecular formula is C6H11N. The molecule has 1 nitrogen and oxygen atoms in total. The van der Waals surface area contributed by atoms with E-state index in [0.717, 1.165) is 5.92 Å². The highest BCUT2D eigenvalue weighted by atomic mass is 14.5. The van der Waals surface area contributed by atoms with Crippen LogP contribution in [0.4, 0.5) is 0 Å². The van der Waals surface area contributed by atoms with Gasteiger partial charge in [0.05, 0.1) is 0 Å². The molecule has 7 heavy (non-hydrogen) atoms. The van der Waals surface area contributed by atoms with Gasteiger partial charge in [0.15, 0.2) is 0 Å². The van der Waals surface area contributed by atoms with Gasteiger partial charge >= 0.3 is 0 Å². The fourth-order valence-electron chi connectivity index (χ4n) is 0.789. The second-order valence-electron chi connectivity index (χ2n) is 2.08. The third kappa shape index (κ3) is 0.952. The molecule has 0 bridgehead atoms. The molecule has 1 rings (SSSR count). The van der Waals surface area contributed by atoms with Crippen LogP contribution in [-0.4, -0.2) is 0 Å². The van der Waals surface area contributed by atoms with Crippen molar-refractivity contribution in [3.05, 3.63) is 12.3 Å². The van der Waals surface area contributed by atoms with Crippen LogP contribution in [0.3, 0.4) is 0 Å². The molecular weight excluding hydrogens is 86.1 g/mol. The third-order valence-corrected chi connectivity index (χ3v) is 1.53. The van der Waals surface area contributed by atoms with Gasteiger partial charge in [0.25, 0.3) is 0 Å². The number of hydrogen-bond acceptors (Lipinski definition) is 1. The Labute approximate surface area is 44.2 Å². The van der Waals surface area contributed by atoms with Crippen LogP contribution in [0, 0.1) is 5.92 Å². The van der Waals surface area contributed by atoms with Crippen LogP contribution in [0.2, 0.25) is 0 Å². The van der Waals surface area contributed by atoms with Gasteiger partial charge in [-0.25, -0.2) is 0 Å². The van der Waals surface area contributed by atoms with Gasteiger partial charge in [-0.3, -0.25) is 0 Å². The van der Waals surface area contributed by atoms with E-state index in [-0.39, 0.29) is 0 Å². The topological polar surface area (TPSA) is 26.0 Å². The molecule has 0 radical (unpaired) electrons. The van der Waals surface area contributed by atoms with Gasteiger partial charge < -0.3 is 5.73 Å². The van der Waals surface area contributed by atoms with Crippen molar-refractivity contribution in [1.29, 1.82) is 0 Å². The van der Waals surface area contributed by atoms with Crippen LogP contribution in [-0.2, 0) is 0 Å². The Morgan fingerprint density at radius 3 is 2.29 bits per heavy atom. The second-order valence-corrected chi connectivity index (χ2v) is 2.08. The average molecular weight is 97.2 g/mol. The standard InChI is InChI=1S/C6H11N/c7-5-4-6-2-1-3-6/h4-6H,1-3,7H2/b5-4-. The van der Waals surface area contributed by atoms with Crippen molar-refractivity contribution in [3.8, 4) is 0 Å². The highest BCUT2D eigenvalue weighted by molar-refractivity contribution is 4.89. The van der Waals surface area contributed by atoms with Crippen LogP contribution >= 0.6 is 0 Å². The number of rotatable bonds is 1. The van der Waals surface area contributed by atoms with Gasteiger partial charge in [0.1, 0.15) is 0 Å². The minimum atomic E-state index is 0.824. The molecule has 0 amide bonds. The van der Waals surface area contributed by atoms with Gasteiger partial charge in [-0.1, -0.05) is 12.5 Å². The summed E-state index contributed by atoms with van der Waals surface area (Å²) in [5.74, 6) is 0.824. The molecule has 1 fully saturated rings. The summed E-state index contributed by atoms with van der Waals surface area (Å²) in [6, 6.07) is 0. The monoisotopic (exact) mass is 97.1 g/mol. The lowest BCUT2D eigenvalue weighted by atomic mass is 9.86. The summed E-state index contributed by atoms with van der Waals surface area (Å²) >= 11 is 0. The summed E-state index contributed by atoms with van der Waals surface area (Å²) in [5, 5.41) is 0. The van der Waals surface area contributed by atoms with E-state index < -0.39 is 0 Å². The number of hydrogen-bond donors (Lipinski definition) is 1. The predicted octanol–water partition coefficient (Wildman–Crippen LogP) is 1.26. The molecule has 0 aliphatic heterocycles. The Morgan fingerprint density at radius 1 is 1.43 bits per heavy atom. The smallest absolute Gasteiger partial charge is 0.0100 e. The molecule has 0 atom stereocenters. The van der Waals surface area contributed by atoms with Crippen molar-refractivity contribution in [1.82, 2.24) is 0 Å². The van der Waals surface area contributed by atoms with Crippen LogP contribution in [0.15, 0.2) is 12.3 Å². The highest BCUT2D eigenvalue weighted by Gasteiger charge is 2.12. The SMILES string of the molecule is N/C=C\C1CCC1. The first kappa shape index (κ1) is 4.69. The fraction of sp³-hybridized carbons (Fsp3) is 0.667. The summed E-state index contributed by atoms with van der Waals surface area (Å²) in [6.45, 7) is 0. The van der Waals surface area contributed by atoms with Crippen LogP contribution < -0.4 is 5.73 Å². The molecule has 40 valence electrons. The van der Waals surface area contributed by atoms with E-state index in [4.69, 9.17) is 5.73 Å². The summed E-state index contributed by atoms with van der Waals surface area (Å²) in [4.78, 5) is 0. The fourth-order valence-corrected chi connectivity index (χ4v) is 0.789. The minimum Gasteiger partial charge on any atom is -0.405 e. The van der Waals surface area contributed by atoms with Gasteiger partial charge in [-0.05, 0) is 25.0 Å². The maximum atomic E-state index is 5.16. The van der Waals surface area contributed by atoms with E-state index in [1.165, 1.54) is 19.3 Å². The van der Waals surface area contributed by atoms with Crippen LogP contribution in [0.5, 0.6) is 0 Å². The van der Waals surface area contributed by atoms with Gasteiger partial charge in [-0.2, -0.15) is 0 Å². The van der Waals surface area contributed by atoms with E-state index in [0.29, 0.717) is 0 Å². The molecule has 1 aliphatic rings. The Hall–Kier alpha value is -0.460. The van der Waals surface area contributed by atoms with E-state index in [1.807, 2.05) is 0 Å². The lowest BCUT2D eigenvalue weighted by Crippen LogP contribution is -2.07.